The Balaban J connectivity index is 1.82. The summed E-state index contributed by atoms with van der Waals surface area (Å²) in [6.45, 7) is 4.30. The molecule has 124 valence electrons. The molecule has 0 fully saturated rings. The summed E-state index contributed by atoms with van der Waals surface area (Å²) in [7, 11) is 0. The van der Waals surface area contributed by atoms with Gasteiger partial charge in [-0.1, -0.05) is 67.0 Å². The number of nitriles is 1. The zero-order chi connectivity index (χ0) is 17.8. The second-order valence-electron chi connectivity index (χ2n) is 5.93. The molecule has 5 heteroatoms. The van der Waals surface area contributed by atoms with Crippen molar-refractivity contribution in [1.82, 2.24) is 10.1 Å². The molecule has 0 saturated heterocycles. The van der Waals surface area contributed by atoms with Gasteiger partial charge in [0.05, 0.1) is 11.6 Å². The van der Waals surface area contributed by atoms with Crippen LogP contribution in [0.1, 0.15) is 42.3 Å². The van der Waals surface area contributed by atoms with Crippen LogP contribution in [0, 0.1) is 11.3 Å². The molecule has 0 amide bonds. The first-order valence-electron chi connectivity index (χ1n) is 7.88. The van der Waals surface area contributed by atoms with Crippen molar-refractivity contribution in [1.29, 1.82) is 5.26 Å². The van der Waals surface area contributed by atoms with E-state index in [1.807, 2.05) is 24.3 Å². The Morgan fingerprint density at radius 1 is 1.12 bits per heavy atom. The van der Waals surface area contributed by atoms with E-state index in [1.54, 1.807) is 18.2 Å². The highest BCUT2D eigenvalue weighted by molar-refractivity contribution is 6.50. The maximum atomic E-state index is 8.82. The zero-order valence-electron chi connectivity index (χ0n) is 13.9. The first kappa shape index (κ1) is 16.9. The Hall–Kier alpha value is -2.90. The van der Waals surface area contributed by atoms with Crippen LogP contribution in [0.2, 0.25) is 0 Å². The molecule has 1 heterocycles. The molecule has 4 nitrogen and oxygen atoms in total. The molecule has 2 aromatic carbocycles. The lowest BCUT2D eigenvalue weighted by atomic mass is 10.0. The fourth-order valence-corrected chi connectivity index (χ4v) is 2.52. The Kier molecular flexibility index (Phi) is 4.97. The second kappa shape index (κ2) is 7.33. The quantitative estimate of drug-likeness (QED) is 0.626. The Bertz CT molecular complexity index is 932. The average Bonchev–Trinajstić information content (AvgIpc) is 3.13. The van der Waals surface area contributed by atoms with Crippen molar-refractivity contribution in [2.45, 2.75) is 19.8 Å². The van der Waals surface area contributed by atoms with Crippen LogP contribution in [0.5, 0.6) is 0 Å². The highest BCUT2D eigenvalue weighted by atomic mass is 35.5. The van der Waals surface area contributed by atoms with Gasteiger partial charge in [0.1, 0.15) is 5.03 Å². The molecule has 0 aliphatic heterocycles. The molecule has 1 aromatic heterocycles. The maximum Gasteiger partial charge on any atom is 0.269 e. The summed E-state index contributed by atoms with van der Waals surface area (Å²) < 4.78 is 5.26. The average molecular weight is 350 g/mol. The topological polar surface area (TPSA) is 62.7 Å². The lowest BCUT2D eigenvalue weighted by molar-refractivity contribution is 0.410. The largest absolute Gasteiger partial charge is 0.333 e. The number of hydrogen-bond donors (Lipinski definition) is 0. The molecular weight excluding hydrogens is 334 g/mol. The third-order valence-corrected chi connectivity index (χ3v) is 4.07. The molecule has 0 aliphatic rings. The third kappa shape index (κ3) is 3.96. The predicted octanol–water partition coefficient (Wildman–Crippen LogP) is 5.47. The molecule has 25 heavy (non-hydrogen) atoms. The number of hydrogen-bond acceptors (Lipinski definition) is 4. The first-order chi connectivity index (χ1) is 12.1. The van der Waals surface area contributed by atoms with Crippen LogP contribution < -0.4 is 0 Å². The number of nitrogens with zero attached hydrogens (tertiary/aromatic N) is 3. The predicted molar refractivity (Wildman–Crippen MR) is 98.7 cm³/mol. The SMILES string of the molecule is CC(C)c1ccc(-c2noc(/C(Cl)=C/c3ccc(C#N)cc3)n2)cc1. The van der Waals surface area contributed by atoms with Crippen LogP contribution >= 0.6 is 11.6 Å². The molecule has 0 aliphatic carbocycles. The fourth-order valence-electron chi connectivity index (χ4n) is 2.32. The Morgan fingerprint density at radius 3 is 2.40 bits per heavy atom. The van der Waals surface area contributed by atoms with Gasteiger partial charge in [-0.3, -0.25) is 0 Å². The third-order valence-electron chi connectivity index (χ3n) is 3.80. The molecular formula is C20H16ClN3O. The van der Waals surface area contributed by atoms with E-state index in [0.29, 0.717) is 22.3 Å². The molecule has 0 bridgehead atoms. The Labute approximate surface area is 151 Å². The van der Waals surface area contributed by atoms with Gasteiger partial charge in [-0.25, -0.2) is 0 Å². The van der Waals surface area contributed by atoms with Crippen molar-refractivity contribution < 1.29 is 4.52 Å². The molecule has 0 N–H and O–H groups in total. The van der Waals surface area contributed by atoms with Crippen molar-refractivity contribution >= 4 is 22.7 Å². The van der Waals surface area contributed by atoms with E-state index in [0.717, 1.165) is 11.1 Å². The molecule has 3 rings (SSSR count). The molecule has 0 unspecified atom stereocenters. The molecule has 0 radical (unpaired) electrons. The molecule has 0 atom stereocenters. The normalized spacial score (nSPS) is 11.6. The molecule has 0 spiro atoms. The summed E-state index contributed by atoms with van der Waals surface area (Å²) >= 11 is 6.28. The van der Waals surface area contributed by atoms with E-state index in [4.69, 9.17) is 21.4 Å². The number of rotatable bonds is 4. The summed E-state index contributed by atoms with van der Waals surface area (Å²) in [5.41, 5.74) is 3.58. The van der Waals surface area contributed by atoms with Gasteiger partial charge in [-0.2, -0.15) is 10.2 Å². The summed E-state index contributed by atoms with van der Waals surface area (Å²) in [6.07, 6.45) is 1.72. The zero-order valence-corrected chi connectivity index (χ0v) is 14.7. The maximum absolute atomic E-state index is 8.82. The minimum Gasteiger partial charge on any atom is -0.333 e. The van der Waals surface area contributed by atoms with Crippen LogP contribution in [0.3, 0.4) is 0 Å². The van der Waals surface area contributed by atoms with Crippen molar-refractivity contribution in [3.05, 3.63) is 71.1 Å². The minimum atomic E-state index is 0.258. The van der Waals surface area contributed by atoms with Crippen molar-refractivity contribution in [3.8, 4) is 17.5 Å². The van der Waals surface area contributed by atoms with Gasteiger partial charge < -0.3 is 4.52 Å². The van der Waals surface area contributed by atoms with Crippen LogP contribution in [0.25, 0.3) is 22.5 Å². The smallest absolute Gasteiger partial charge is 0.269 e. The van der Waals surface area contributed by atoms with Gasteiger partial charge in [0.15, 0.2) is 0 Å². The second-order valence-corrected chi connectivity index (χ2v) is 6.33. The van der Waals surface area contributed by atoms with E-state index in [-0.39, 0.29) is 5.89 Å². The van der Waals surface area contributed by atoms with Crippen molar-refractivity contribution in [2.75, 3.05) is 0 Å². The van der Waals surface area contributed by atoms with Crippen molar-refractivity contribution in [2.24, 2.45) is 0 Å². The fraction of sp³-hybridized carbons (Fsp3) is 0.150. The van der Waals surface area contributed by atoms with Gasteiger partial charge in [0.25, 0.3) is 5.89 Å². The van der Waals surface area contributed by atoms with Gasteiger partial charge in [-0.05, 0) is 35.3 Å². The van der Waals surface area contributed by atoms with Crippen LogP contribution in [0.4, 0.5) is 0 Å². The first-order valence-corrected chi connectivity index (χ1v) is 8.26. The highest BCUT2D eigenvalue weighted by Gasteiger charge is 2.12. The van der Waals surface area contributed by atoms with E-state index < -0.39 is 0 Å². The molecule has 0 saturated carbocycles. The summed E-state index contributed by atoms with van der Waals surface area (Å²) in [5, 5.41) is 13.2. The lowest BCUT2D eigenvalue weighted by Gasteiger charge is -2.04. The van der Waals surface area contributed by atoms with Gasteiger partial charge in [0.2, 0.25) is 5.82 Å². The Morgan fingerprint density at radius 2 is 1.80 bits per heavy atom. The van der Waals surface area contributed by atoms with Crippen LogP contribution in [0.15, 0.2) is 53.1 Å². The monoisotopic (exact) mass is 349 g/mol. The van der Waals surface area contributed by atoms with E-state index in [2.05, 4.69) is 42.2 Å². The number of aromatic nitrogens is 2. The summed E-state index contributed by atoms with van der Waals surface area (Å²) in [5.74, 6) is 1.23. The van der Waals surface area contributed by atoms with Crippen LogP contribution in [-0.4, -0.2) is 10.1 Å². The minimum absolute atomic E-state index is 0.258. The van der Waals surface area contributed by atoms with Gasteiger partial charge in [0, 0.05) is 5.56 Å². The van der Waals surface area contributed by atoms with Gasteiger partial charge in [-0.15, -0.1) is 0 Å². The van der Waals surface area contributed by atoms with Crippen molar-refractivity contribution in [3.63, 3.8) is 0 Å². The van der Waals surface area contributed by atoms with E-state index in [1.165, 1.54) is 5.56 Å². The highest BCUT2D eigenvalue weighted by Crippen LogP contribution is 2.25. The van der Waals surface area contributed by atoms with Gasteiger partial charge >= 0.3 is 0 Å². The summed E-state index contributed by atoms with van der Waals surface area (Å²) in [4.78, 5) is 4.35. The van der Waals surface area contributed by atoms with E-state index in [9.17, 15) is 0 Å². The number of benzene rings is 2. The molecule has 3 aromatic rings. The number of halogens is 1. The van der Waals surface area contributed by atoms with Crippen LogP contribution in [-0.2, 0) is 0 Å². The summed E-state index contributed by atoms with van der Waals surface area (Å²) in [6, 6.07) is 17.2. The van der Waals surface area contributed by atoms with E-state index >= 15 is 0 Å². The standard InChI is InChI=1S/C20H16ClN3O/c1-13(2)16-7-9-17(10-8-16)19-23-20(25-24-19)18(21)11-14-3-5-15(12-22)6-4-14/h3-11,13H,1-2H3/b18-11-. The lowest BCUT2D eigenvalue weighted by Crippen LogP contribution is -1.87.